The van der Waals surface area contributed by atoms with E-state index in [-0.39, 0.29) is 36.4 Å². The Bertz CT molecular complexity index is 1830. The lowest BCUT2D eigenvalue weighted by molar-refractivity contribution is 0.0666. The molecule has 3 heterocycles. The maximum atomic E-state index is 14.3. The fraction of sp³-hybridized carbons (Fsp3) is 0.310. The molecule has 0 saturated heterocycles. The molecule has 43 heavy (non-hydrogen) atoms. The highest BCUT2D eigenvalue weighted by Gasteiger charge is 2.51. The van der Waals surface area contributed by atoms with Crippen LogP contribution in [0.25, 0.3) is 11.8 Å². The van der Waals surface area contributed by atoms with Crippen molar-refractivity contribution >= 4 is 27.4 Å². The van der Waals surface area contributed by atoms with Crippen molar-refractivity contribution in [2.24, 2.45) is 12.5 Å². The summed E-state index contributed by atoms with van der Waals surface area (Å²) in [5, 5.41) is 12.1. The Kier molecular flexibility index (Phi) is 7.29. The number of allylic oxidation sites excluding steroid dienone is 1. The normalized spacial score (nSPS) is 21.3. The first-order chi connectivity index (χ1) is 20.5. The number of benzene rings is 1. The topological polar surface area (TPSA) is 98.8 Å². The van der Waals surface area contributed by atoms with Crippen LogP contribution in [0.3, 0.4) is 0 Å². The number of alkyl halides is 2. The van der Waals surface area contributed by atoms with E-state index >= 15 is 0 Å². The van der Waals surface area contributed by atoms with Crippen LogP contribution in [0, 0.1) is 17.0 Å². The Morgan fingerprint density at radius 1 is 1.21 bits per heavy atom. The molecule has 0 aliphatic heterocycles. The van der Waals surface area contributed by atoms with Crippen LogP contribution in [0.2, 0.25) is 0 Å². The van der Waals surface area contributed by atoms with Crippen molar-refractivity contribution < 1.29 is 26.6 Å². The number of aromatic nitrogens is 6. The van der Waals surface area contributed by atoms with Crippen molar-refractivity contribution in [2.75, 3.05) is 6.54 Å². The molecule has 1 saturated carbocycles. The number of hydrogen-bond donors (Lipinski definition) is 0. The van der Waals surface area contributed by atoms with Gasteiger partial charge in [-0.1, -0.05) is 10.8 Å². The van der Waals surface area contributed by atoms with Crippen molar-refractivity contribution in [1.82, 2.24) is 34.1 Å². The predicted molar refractivity (Wildman–Crippen MR) is 151 cm³/mol. The van der Waals surface area contributed by atoms with E-state index in [2.05, 4.69) is 26.3 Å². The summed E-state index contributed by atoms with van der Waals surface area (Å²) in [4.78, 5) is 18.5. The smallest absolute Gasteiger partial charge is 0.252 e. The van der Waals surface area contributed by atoms with Crippen molar-refractivity contribution in [2.45, 2.75) is 43.2 Å². The third-order valence-corrected chi connectivity index (χ3v) is 10.2. The number of aryl methyl sites for hydroxylation is 1. The monoisotopic (exact) mass is 613 g/mol. The molecular weight excluding hydrogens is 586 g/mol. The summed E-state index contributed by atoms with van der Waals surface area (Å²) in [6.45, 7) is -0.862. The van der Waals surface area contributed by atoms with Crippen molar-refractivity contribution in [3.63, 3.8) is 0 Å². The Morgan fingerprint density at radius 2 is 1.98 bits per heavy atom. The third kappa shape index (κ3) is 5.18. The number of Topliss-reactive ketones (excluding diaryl/α,β-unsaturated/α-hetero) is 1. The van der Waals surface area contributed by atoms with E-state index in [0.717, 1.165) is 16.4 Å². The second-order valence-corrected chi connectivity index (χ2v) is 13.0. The van der Waals surface area contributed by atoms with Gasteiger partial charge in [-0.15, -0.1) is 5.10 Å². The molecule has 1 fully saturated rings. The maximum absolute atomic E-state index is 14.3. The molecule has 0 radical (unpaired) electrons. The molecule has 0 amide bonds. The van der Waals surface area contributed by atoms with E-state index in [0.29, 0.717) is 22.5 Å². The lowest BCUT2D eigenvalue weighted by atomic mass is 9.60. The number of nitrogens with zero attached hydrogens (tertiary/aromatic N) is 7. The van der Waals surface area contributed by atoms with Gasteiger partial charge in [0.1, 0.15) is 17.3 Å². The molecule has 2 aliphatic carbocycles. The van der Waals surface area contributed by atoms with Gasteiger partial charge in [0.15, 0.2) is 10.8 Å². The number of hydrogen-bond acceptors (Lipinski definition) is 6. The molecule has 3 aromatic heterocycles. The van der Waals surface area contributed by atoms with Crippen LogP contribution in [0.1, 0.15) is 41.0 Å². The molecule has 14 heteroatoms. The average molecular weight is 614 g/mol. The first-order valence-corrected chi connectivity index (χ1v) is 15.1. The molecule has 0 bridgehead atoms. The van der Waals surface area contributed by atoms with Crippen molar-refractivity contribution in [3.8, 4) is 5.69 Å². The summed E-state index contributed by atoms with van der Waals surface area (Å²) in [6, 6.07) is 7.21. The molecule has 9 nitrogen and oxygen atoms in total. The number of halogens is 4. The summed E-state index contributed by atoms with van der Waals surface area (Å²) in [5.41, 5.74) is 1.27. The van der Waals surface area contributed by atoms with Crippen LogP contribution < -0.4 is 0 Å². The summed E-state index contributed by atoms with van der Waals surface area (Å²) < 4.78 is 73.9. The van der Waals surface area contributed by atoms with E-state index in [1.807, 2.05) is 6.08 Å². The van der Waals surface area contributed by atoms with Gasteiger partial charge in [0, 0.05) is 25.4 Å². The van der Waals surface area contributed by atoms with E-state index in [4.69, 9.17) is 0 Å². The van der Waals surface area contributed by atoms with Gasteiger partial charge in [0.2, 0.25) is 0 Å². The Hall–Kier alpha value is -4.17. The number of pyridine rings is 1. The summed E-state index contributed by atoms with van der Waals surface area (Å²) in [6.07, 6.45) is 3.85. The molecule has 3 atom stereocenters. The van der Waals surface area contributed by atoms with Crippen LogP contribution in [-0.2, 0) is 23.2 Å². The molecule has 1 aromatic carbocycles. The predicted octanol–water partition coefficient (Wildman–Crippen LogP) is 4.29. The van der Waals surface area contributed by atoms with Gasteiger partial charge in [0.25, 0.3) is 6.43 Å². The Balaban J connectivity index is 1.45. The fourth-order valence-electron chi connectivity index (χ4n) is 6.13. The van der Waals surface area contributed by atoms with Crippen LogP contribution >= 0.6 is 0 Å². The van der Waals surface area contributed by atoms with Gasteiger partial charge in [0.05, 0.1) is 45.4 Å². The molecule has 224 valence electrons. The minimum atomic E-state index is -3.53. The van der Waals surface area contributed by atoms with Crippen LogP contribution in [-0.4, -0.2) is 68.9 Å². The lowest BCUT2D eigenvalue weighted by Crippen LogP contribution is -2.51. The molecule has 0 spiro atoms. The summed E-state index contributed by atoms with van der Waals surface area (Å²) >= 11 is 0. The summed E-state index contributed by atoms with van der Waals surface area (Å²) in [7, 11) is -1.97. The van der Waals surface area contributed by atoms with Crippen molar-refractivity contribution in [1.29, 1.82) is 0 Å². The summed E-state index contributed by atoms with van der Waals surface area (Å²) in [5.74, 6) is 2.29. The van der Waals surface area contributed by atoms with Crippen LogP contribution in [0.5, 0.6) is 0 Å². The Morgan fingerprint density at radius 3 is 2.65 bits per heavy atom. The lowest BCUT2D eigenvalue weighted by Gasteiger charge is -2.47. The van der Waals surface area contributed by atoms with Gasteiger partial charge in [-0.2, -0.15) is 5.10 Å². The fourth-order valence-corrected chi connectivity index (χ4v) is 7.87. The number of fused-ring (bicyclic) bond motifs is 2. The minimum Gasteiger partial charge on any atom is -0.291 e. The van der Waals surface area contributed by atoms with E-state index in [9.17, 15) is 26.6 Å². The average Bonchev–Trinajstić information content (AvgIpc) is 3.60. The highest BCUT2D eigenvalue weighted by molar-refractivity contribution is 7.98. The van der Waals surface area contributed by atoms with Gasteiger partial charge < -0.3 is 0 Å². The number of rotatable bonds is 8. The largest absolute Gasteiger partial charge is 0.291 e. The van der Waals surface area contributed by atoms with Gasteiger partial charge in [-0.3, -0.25) is 14.5 Å². The van der Waals surface area contributed by atoms with Crippen molar-refractivity contribution in [3.05, 3.63) is 89.1 Å². The number of ketones is 1. The molecule has 6 rings (SSSR count). The molecule has 2 aliphatic rings. The first-order valence-electron chi connectivity index (χ1n) is 13.5. The van der Waals surface area contributed by atoms with E-state index in [1.165, 1.54) is 29.2 Å². The second-order valence-electron chi connectivity index (χ2n) is 10.8. The van der Waals surface area contributed by atoms with Crippen LogP contribution in [0.4, 0.5) is 17.6 Å². The molecule has 4 aromatic rings. The zero-order chi connectivity index (χ0) is 30.5. The zero-order valence-electron chi connectivity index (χ0n) is 23.0. The van der Waals surface area contributed by atoms with Gasteiger partial charge in [-0.25, -0.2) is 30.8 Å². The number of carbonyl (C=O) groups is 1. The molecular formula is C29H27F4N7O2S. The maximum Gasteiger partial charge on any atom is 0.252 e. The standard InChI is InChI=1S/C29H27F4N7O2S/c1-38-17-27(36-37-38)43(2,42)39(16-26(32)33)23-6-3-19-11-25-18(15-35-40(25)22-7-4-20(30)5-8-22)13-29(19,14-23)28(41)24-12-21(31)9-10-34-24/h4-5,7-12,15,17,23,26H,2-3,6,13-14,16H2,1H3/t23-,29-,43?/m0/s1. The third-order valence-electron chi connectivity index (χ3n) is 8.11. The first kappa shape index (κ1) is 28.9. The SMILES string of the molecule is C=S(=O)(c1cn(C)nn1)N(CC(F)F)[C@H]1CCC2=Cc3c(cnn3-c3ccc(F)cc3)C[C@]2(C(=O)c2cc(F)ccn2)C1. The minimum absolute atomic E-state index is 0.00345. The van der Waals surface area contributed by atoms with E-state index in [1.54, 1.807) is 30.1 Å². The van der Waals surface area contributed by atoms with Gasteiger partial charge >= 0.3 is 0 Å². The second kappa shape index (κ2) is 10.8. The van der Waals surface area contributed by atoms with E-state index < -0.39 is 51.6 Å². The molecule has 1 unspecified atom stereocenters. The Labute approximate surface area is 245 Å². The highest BCUT2D eigenvalue weighted by atomic mass is 32.2. The molecule has 0 N–H and O–H groups in total. The van der Waals surface area contributed by atoms with Crippen LogP contribution in [0.15, 0.2) is 65.6 Å². The quantitative estimate of drug-likeness (QED) is 0.167. The number of carbonyl (C=O) groups excluding carboxylic acids is 1. The zero-order valence-corrected chi connectivity index (χ0v) is 23.9. The van der Waals surface area contributed by atoms with Gasteiger partial charge in [-0.05, 0) is 73.5 Å². The highest BCUT2D eigenvalue weighted by Crippen LogP contribution is 2.51.